The average molecular weight is 565 g/mol. The van der Waals surface area contributed by atoms with Gasteiger partial charge in [-0.15, -0.1) is 10.2 Å². The van der Waals surface area contributed by atoms with Crippen molar-refractivity contribution in [2.24, 2.45) is 11.8 Å². The first-order chi connectivity index (χ1) is 19.1. The van der Waals surface area contributed by atoms with Crippen molar-refractivity contribution in [3.05, 3.63) is 47.4 Å². The molecule has 2 aromatic heterocycles. The zero-order valence-electron chi connectivity index (χ0n) is 21.5. The first-order valence-corrected chi connectivity index (χ1v) is 13.5. The Labute approximate surface area is 226 Å². The summed E-state index contributed by atoms with van der Waals surface area (Å²) in [4.78, 5) is 15.4. The van der Waals surface area contributed by atoms with Crippen LogP contribution in [0.2, 0.25) is 0 Å². The number of amides is 1. The summed E-state index contributed by atoms with van der Waals surface area (Å²) >= 11 is 0. The normalized spacial score (nSPS) is 23.3. The van der Waals surface area contributed by atoms with Gasteiger partial charge < -0.3 is 10.2 Å². The fourth-order valence-corrected chi connectivity index (χ4v) is 6.17. The van der Waals surface area contributed by atoms with Gasteiger partial charge in [0.1, 0.15) is 0 Å². The fourth-order valence-electron chi connectivity index (χ4n) is 6.17. The molecule has 3 fully saturated rings. The highest BCUT2D eigenvalue weighted by Crippen LogP contribution is 2.59. The zero-order valence-corrected chi connectivity index (χ0v) is 21.5. The third-order valence-electron chi connectivity index (χ3n) is 8.37. The van der Waals surface area contributed by atoms with Crippen molar-refractivity contribution in [1.29, 1.82) is 0 Å². The Hall–Kier alpha value is -3.42. The van der Waals surface area contributed by atoms with Gasteiger partial charge in [0.25, 0.3) is 11.8 Å². The molecule has 2 aliphatic carbocycles. The van der Waals surface area contributed by atoms with Crippen LogP contribution in [0.25, 0.3) is 11.3 Å². The molecule has 3 aliphatic rings. The van der Waals surface area contributed by atoms with Crippen molar-refractivity contribution in [3.8, 4) is 11.3 Å². The summed E-state index contributed by atoms with van der Waals surface area (Å²) < 4.78 is 70.4. The van der Waals surface area contributed by atoms with E-state index in [-0.39, 0.29) is 29.4 Å². The van der Waals surface area contributed by atoms with Gasteiger partial charge in [-0.1, -0.05) is 36.3 Å². The van der Waals surface area contributed by atoms with Gasteiger partial charge in [0.05, 0.1) is 17.3 Å². The van der Waals surface area contributed by atoms with Crippen LogP contribution in [0.1, 0.15) is 60.0 Å². The molecule has 1 aliphatic heterocycles. The van der Waals surface area contributed by atoms with Gasteiger partial charge in [0.15, 0.2) is 11.5 Å². The molecule has 9 nitrogen and oxygen atoms in total. The van der Waals surface area contributed by atoms with Crippen LogP contribution >= 0.6 is 0 Å². The molecule has 14 heteroatoms. The van der Waals surface area contributed by atoms with E-state index in [2.05, 4.69) is 31.0 Å². The molecule has 0 bridgehead atoms. The molecule has 6 rings (SSSR count). The third-order valence-corrected chi connectivity index (χ3v) is 8.37. The molecule has 1 amide bonds. The van der Waals surface area contributed by atoms with Crippen LogP contribution in [0, 0.1) is 11.8 Å². The lowest BCUT2D eigenvalue weighted by atomic mass is 10.0. The van der Waals surface area contributed by atoms with Crippen LogP contribution in [-0.2, 0) is 12.6 Å². The number of fused-ring (bicyclic) bond motifs is 1. The number of nitrogens with zero attached hydrogens (tertiary/aromatic N) is 6. The minimum Gasteiger partial charge on any atom is -0.347 e. The summed E-state index contributed by atoms with van der Waals surface area (Å²) in [5, 5.41) is 21.3. The van der Waals surface area contributed by atoms with Gasteiger partial charge >= 0.3 is 6.18 Å². The molecule has 3 unspecified atom stereocenters. The molecular formula is C26H29F5N8O. The number of halogens is 5. The quantitative estimate of drug-likeness (QED) is 0.379. The monoisotopic (exact) mass is 564 g/mol. The van der Waals surface area contributed by atoms with E-state index in [4.69, 9.17) is 0 Å². The first kappa shape index (κ1) is 26.8. The summed E-state index contributed by atoms with van der Waals surface area (Å²) in [5.41, 5.74) is -0.553. The Balaban J connectivity index is 1.23. The summed E-state index contributed by atoms with van der Waals surface area (Å²) in [6.45, 7) is 1.12. The first-order valence-electron chi connectivity index (χ1n) is 13.5. The molecule has 40 heavy (non-hydrogen) atoms. The van der Waals surface area contributed by atoms with Gasteiger partial charge in [0, 0.05) is 49.5 Å². The van der Waals surface area contributed by atoms with E-state index in [1.165, 1.54) is 24.3 Å². The number of hydrogen-bond donors (Lipinski definition) is 2. The zero-order chi connectivity index (χ0) is 28.1. The molecule has 0 radical (unpaired) electrons. The maximum absolute atomic E-state index is 13.9. The van der Waals surface area contributed by atoms with Crippen molar-refractivity contribution < 1.29 is 26.7 Å². The number of aromatic amines is 1. The molecule has 3 atom stereocenters. The van der Waals surface area contributed by atoms with Crippen LogP contribution in [0.15, 0.2) is 30.3 Å². The Morgan fingerprint density at radius 2 is 1.88 bits per heavy atom. The highest BCUT2D eigenvalue weighted by molar-refractivity contribution is 5.93. The lowest BCUT2D eigenvalue weighted by Gasteiger charge is -2.23. The van der Waals surface area contributed by atoms with Crippen molar-refractivity contribution in [3.63, 3.8) is 0 Å². The van der Waals surface area contributed by atoms with E-state index in [0.29, 0.717) is 31.9 Å². The summed E-state index contributed by atoms with van der Waals surface area (Å²) in [6, 6.07) is 6.15. The van der Waals surface area contributed by atoms with Crippen LogP contribution in [0.3, 0.4) is 0 Å². The molecular weight excluding hydrogens is 535 g/mol. The van der Waals surface area contributed by atoms with Crippen LogP contribution in [0.5, 0.6) is 0 Å². The number of carbonyl (C=O) groups excluding carboxylic acids is 1. The predicted molar refractivity (Wildman–Crippen MR) is 132 cm³/mol. The highest BCUT2D eigenvalue weighted by atomic mass is 19.4. The number of nitrogens with one attached hydrogen (secondary N) is 2. The van der Waals surface area contributed by atoms with Crippen LogP contribution in [0.4, 0.5) is 22.0 Å². The maximum atomic E-state index is 13.9. The van der Waals surface area contributed by atoms with Gasteiger partial charge in [-0.3, -0.25) is 9.48 Å². The topological polar surface area (TPSA) is 105 Å². The molecule has 0 spiro atoms. The van der Waals surface area contributed by atoms with Gasteiger partial charge in [0.2, 0.25) is 0 Å². The number of alkyl halides is 5. The van der Waals surface area contributed by atoms with Crippen molar-refractivity contribution in [2.45, 2.75) is 62.7 Å². The van der Waals surface area contributed by atoms with Gasteiger partial charge in [-0.05, 0) is 31.4 Å². The van der Waals surface area contributed by atoms with E-state index < -0.39 is 41.4 Å². The number of benzene rings is 1. The Bertz CT molecular complexity index is 1340. The third kappa shape index (κ3) is 5.20. The standard InChI is InChI=1S/C26H29F5N8O/c27-25(28)19-13-38(14-20(19)25)10-9-15(11-23-33-36-37-34-23)32-24(40)21-12-22(39(35-21)16-5-1-2-6-16)17-7-3-4-8-18(17)26(29,30)31/h3-4,7-8,12,15-16,19-20H,1-2,5-6,9-11,13-14H2,(H,32,40)(H,33,34,36,37). The second-order valence-corrected chi connectivity index (χ2v) is 11.0. The number of rotatable bonds is 9. The second kappa shape index (κ2) is 10.2. The fraction of sp³-hybridized carbons (Fsp3) is 0.577. The number of piperidine rings is 1. The molecule has 214 valence electrons. The lowest BCUT2D eigenvalue weighted by Crippen LogP contribution is -2.40. The van der Waals surface area contributed by atoms with Crippen LogP contribution in [-0.4, -0.2) is 72.8 Å². The van der Waals surface area contributed by atoms with E-state index in [1.54, 1.807) is 4.68 Å². The second-order valence-electron chi connectivity index (χ2n) is 11.0. The molecule has 3 aromatic rings. The van der Waals surface area contributed by atoms with Crippen molar-refractivity contribution in [2.75, 3.05) is 19.6 Å². The number of H-pyrrole nitrogens is 1. The Morgan fingerprint density at radius 1 is 1.15 bits per heavy atom. The number of aromatic nitrogens is 6. The molecule has 2 saturated carbocycles. The summed E-state index contributed by atoms with van der Waals surface area (Å²) in [5.74, 6) is -3.94. The minimum absolute atomic E-state index is 0.0130. The molecule has 3 heterocycles. The van der Waals surface area contributed by atoms with Crippen molar-refractivity contribution >= 4 is 5.91 Å². The molecule has 1 aromatic carbocycles. The summed E-state index contributed by atoms with van der Waals surface area (Å²) in [7, 11) is 0. The number of likely N-dealkylation sites (tertiary alicyclic amines) is 1. The number of carbonyl (C=O) groups is 1. The van der Waals surface area contributed by atoms with Gasteiger partial charge in [-0.2, -0.15) is 23.5 Å². The van der Waals surface area contributed by atoms with E-state index in [9.17, 15) is 26.7 Å². The molecule has 2 N–H and O–H groups in total. The lowest BCUT2D eigenvalue weighted by molar-refractivity contribution is -0.137. The minimum atomic E-state index is -4.57. The van der Waals surface area contributed by atoms with Crippen molar-refractivity contribution in [1.82, 2.24) is 40.6 Å². The van der Waals surface area contributed by atoms with Gasteiger partial charge in [-0.25, -0.2) is 8.78 Å². The van der Waals surface area contributed by atoms with E-state index >= 15 is 0 Å². The predicted octanol–water partition coefficient (Wildman–Crippen LogP) is 4.13. The number of hydrogen-bond acceptors (Lipinski definition) is 6. The highest BCUT2D eigenvalue weighted by Gasteiger charge is 2.71. The van der Waals surface area contributed by atoms with E-state index in [0.717, 1.165) is 31.7 Å². The molecule has 1 saturated heterocycles. The summed E-state index contributed by atoms with van der Waals surface area (Å²) in [6.07, 6.45) is -0.487. The van der Waals surface area contributed by atoms with Crippen LogP contribution < -0.4 is 5.32 Å². The smallest absolute Gasteiger partial charge is 0.347 e. The maximum Gasteiger partial charge on any atom is 0.417 e. The van der Waals surface area contributed by atoms with E-state index in [1.807, 2.05) is 4.90 Å². The Morgan fingerprint density at radius 3 is 2.55 bits per heavy atom. The SMILES string of the molecule is O=C(NC(CCN1CC2C(C1)C2(F)F)Cc1nn[nH]n1)c1cc(-c2ccccc2C(F)(F)F)n(C2CCCC2)n1. The largest absolute Gasteiger partial charge is 0.417 e. The Kier molecular flexibility index (Phi) is 6.83. The number of tetrazole rings is 1. The average Bonchev–Trinajstić information content (AvgIpc) is 3.62.